The number of alkyl halides is 3. The summed E-state index contributed by atoms with van der Waals surface area (Å²) in [5.74, 6) is -2.82. The van der Waals surface area contributed by atoms with Crippen molar-refractivity contribution in [3.63, 3.8) is 0 Å². The number of hydrogen-bond donors (Lipinski definition) is 1. The number of anilines is 1. The van der Waals surface area contributed by atoms with Crippen molar-refractivity contribution in [1.82, 2.24) is 9.36 Å². The summed E-state index contributed by atoms with van der Waals surface area (Å²) in [4.78, 5) is 15.9. The van der Waals surface area contributed by atoms with E-state index in [9.17, 15) is 18.0 Å². The number of carboxylic acids is 1. The smallest absolute Gasteiger partial charge is 0.452 e. The van der Waals surface area contributed by atoms with Crippen molar-refractivity contribution in [2.75, 3.05) is 18.0 Å². The number of nitrogens with zero attached hydrogens (tertiary/aromatic N) is 3. The van der Waals surface area contributed by atoms with Gasteiger partial charge in [-0.2, -0.15) is 22.5 Å². The van der Waals surface area contributed by atoms with Gasteiger partial charge in [-0.3, -0.25) is 4.79 Å². The third-order valence-electron chi connectivity index (χ3n) is 2.87. The molecule has 9 heteroatoms. The van der Waals surface area contributed by atoms with Gasteiger partial charge in [0.1, 0.15) is 0 Å². The van der Waals surface area contributed by atoms with Crippen LogP contribution in [-0.2, 0) is 11.0 Å². The van der Waals surface area contributed by atoms with E-state index in [4.69, 9.17) is 5.11 Å². The molecular weight excluding hydrogens is 271 g/mol. The molecule has 0 aromatic carbocycles. The van der Waals surface area contributed by atoms with E-state index in [1.807, 2.05) is 0 Å². The average molecular weight is 281 g/mol. The summed E-state index contributed by atoms with van der Waals surface area (Å²) in [6, 6.07) is 0. The normalized spacial score (nSPS) is 24.6. The number of carbonyl (C=O) groups is 1. The highest BCUT2D eigenvalue weighted by Crippen LogP contribution is 2.33. The van der Waals surface area contributed by atoms with Gasteiger partial charge in [0.05, 0.1) is 5.92 Å². The second kappa shape index (κ2) is 4.38. The van der Waals surface area contributed by atoms with Crippen LogP contribution in [0.15, 0.2) is 0 Å². The zero-order chi connectivity index (χ0) is 13.5. The van der Waals surface area contributed by atoms with Crippen molar-refractivity contribution in [3.05, 3.63) is 5.82 Å². The van der Waals surface area contributed by atoms with Gasteiger partial charge in [-0.15, -0.1) is 0 Å². The lowest BCUT2D eigenvalue weighted by atomic mass is 9.99. The molecule has 2 heterocycles. The molecule has 0 bridgehead atoms. The van der Waals surface area contributed by atoms with E-state index in [2.05, 4.69) is 9.36 Å². The molecule has 18 heavy (non-hydrogen) atoms. The molecule has 1 aliphatic rings. The summed E-state index contributed by atoms with van der Waals surface area (Å²) in [5, 5.41) is 9.07. The number of carboxylic acid groups (broad SMARTS) is 1. The van der Waals surface area contributed by atoms with E-state index >= 15 is 0 Å². The van der Waals surface area contributed by atoms with Gasteiger partial charge in [0.25, 0.3) is 0 Å². The lowest BCUT2D eigenvalue weighted by Gasteiger charge is -2.12. The summed E-state index contributed by atoms with van der Waals surface area (Å²) in [7, 11) is 0. The van der Waals surface area contributed by atoms with Crippen molar-refractivity contribution in [2.24, 2.45) is 11.8 Å². The minimum Gasteiger partial charge on any atom is -0.481 e. The maximum atomic E-state index is 12.3. The summed E-state index contributed by atoms with van der Waals surface area (Å²) in [6.07, 6.45) is -4.56. The molecule has 0 spiro atoms. The van der Waals surface area contributed by atoms with Crippen LogP contribution < -0.4 is 4.90 Å². The SMILES string of the molecule is CC1CN(c2nc(C(F)(F)F)ns2)CC1C(=O)O. The second-order valence-electron chi connectivity index (χ2n) is 4.23. The molecule has 1 saturated heterocycles. The van der Waals surface area contributed by atoms with E-state index in [0.29, 0.717) is 18.1 Å². The number of hydrogen-bond acceptors (Lipinski definition) is 5. The van der Waals surface area contributed by atoms with E-state index < -0.39 is 23.9 Å². The fourth-order valence-electron chi connectivity index (χ4n) is 1.90. The van der Waals surface area contributed by atoms with E-state index in [-0.39, 0.29) is 17.6 Å². The van der Waals surface area contributed by atoms with Crippen molar-refractivity contribution >= 4 is 22.6 Å². The van der Waals surface area contributed by atoms with Gasteiger partial charge in [-0.25, -0.2) is 0 Å². The summed E-state index contributed by atoms with van der Waals surface area (Å²) >= 11 is 0.641. The van der Waals surface area contributed by atoms with Crippen LogP contribution in [0.25, 0.3) is 0 Å². The lowest BCUT2D eigenvalue weighted by molar-refractivity contribution is -0.144. The van der Waals surface area contributed by atoms with Crippen LogP contribution in [0, 0.1) is 11.8 Å². The van der Waals surface area contributed by atoms with Crippen LogP contribution in [-0.4, -0.2) is 33.5 Å². The van der Waals surface area contributed by atoms with Gasteiger partial charge in [-0.05, 0) is 5.92 Å². The first-order valence-corrected chi connectivity index (χ1v) is 5.95. The standard InChI is InChI=1S/C9H10F3N3O2S/c1-4-2-15(3-5(4)6(16)17)8-13-7(14-18-8)9(10,11)12/h4-5H,2-3H2,1H3,(H,16,17). The van der Waals surface area contributed by atoms with Crippen molar-refractivity contribution in [3.8, 4) is 0 Å². The molecule has 1 aromatic heterocycles. The number of aliphatic carboxylic acids is 1. The molecule has 0 amide bonds. The quantitative estimate of drug-likeness (QED) is 0.894. The molecule has 2 atom stereocenters. The summed E-state index contributed by atoms with van der Waals surface area (Å²) in [5.41, 5.74) is 0. The van der Waals surface area contributed by atoms with Crippen LogP contribution in [0.4, 0.5) is 18.3 Å². The molecule has 5 nitrogen and oxygen atoms in total. The highest BCUT2D eigenvalue weighted by atomic mass is 32.1. The van der Waals surface area contributed by atoms with Crippen LogP contribution in [0.2, 0.25) is 0 Å². The monoisotopic (exact) mass is 281 g/mol. The van der Waals surface area contributed by atoms with Crippen LogP contribution in [0.3, 0.4) is 0 Å². The first-order chi connectivity index (χ1) is 8.29. The van der Waals surface area contributed by atoms with Crippen molar-refractivity contribution in [2.45, 2.75) is 13.1 Å². The zero-order valence-electron chi connectivity index (χ0n) is 9.31. The average Bonchev–Trinajstić information content (AvgIpc) is 2.81. The van der Waals surface area contributed by atoms with Gasteiger partial charge in [0.2, 0.25) is 11.0 Å². The predicted octanol–water partition coefficient (Wildman–Crippen LogP) is 1.71. The molecule has 2 unspecified atom stereocenters. The van der Waals surface area contributed by atoms with Crippen LogP contribution in [0.1, 0.15) is 12.7 Å². The molecule has 0 radical (unpaired) electrons. The Balaban J connectivity index is 2.15. The number of halogens is 3. The van der Waals surface area contributed by atoms with Crippen molar-refractivity contribution in [1.29, 1.82) is 0 Å². The highest BCUT2D eigenvalue weighted by molar-refractivity contribution is 7.09. The number of aromatic nitrogens is 2. The second-order valence-corrected chi connectivity index (χ2v) is 4.96. The molecular formula is C9H10F3N3O2S. The predicted molar refractivity (Wildman–Crippen MR) is 57.4 cm³/mol. The molecule has 1 fully saturated rings. The topological polar surface area (TPSA) is 66.3 Å². The molecule has 1 aliphatic heterocycles. The van der Waals surface area contributed by atoms with Crippen LogP contribution >= 0.6 is 11.5 Å². The van der Waals surface area contributed by atoms with Gasteiger partial charge in [0, 0.05) is 24.6 Å². The van der Waals surface area contributed by atoms with E-state index in [1.54, 1.807) is 6.92 Å². The Bertz CT molecular complexity index is 462. The first kappa shape index (κ1) is 13.1. The van der Waals surface area contributed by atoms with Gasteiger partial charge in [0.15, 0.2) is 0 Å². The molecule has 2 rings (SSSR count). The summed E-state index contributed by atoms with van der Waals surface area (Å²) < 4.78 is 40.3. The Hall–Kier alpha value is -1.38. The Labute approximate surface area is 104 Å². The molecule has 100 valence electrons. The van der Waals surface area contributed by atoms with Gasteiger partial charge < -0.3 is 10.0 Å². The van der Waals surface area contributed by atoms with E-state index in [1.165, 1.54) is 4.90 Å². The Morgan fingerprint density at radius 3 is 2.61 bits per heavy atom. The molecule has 1 aromatic rings. The Kier molecular flexibility index (Phi) is 3.18. The zero-order valence-corrected chi connectivity index (χ0v) is 10.1. The maximum absolute atomic E-state index is 12.3. The highest BCUT2D eigenvalue weighted by Gasteiger charge is 2.39. The molecule has 1 N–H and O–H groups in total. The van der Waals surface area contributed by atoms with E-state index in [0.717, 1.165) is 0 Å². The van der Waals surface area contributed by atoms with Gasteiger partial charge >= 0.3 is 12.1 Å². The number of rotatable bonds is 2. The van der Waals surface area contributed by atoms with Gasteiger partial charge in [-0.1, -0.05) is 6.92 Å². The van der Waals surface area contributed by atoms with Crippen LogP contribution in [0.5, 0.6) is 0 Å². The fourth-order valence-corrected chi connectivity index (χ4v) is 2.61. The third-order valence-corrected chi connectivity index (χ3v) is 3.65. The Morgan fingerprint density at radius 1 is 1.50 bits per heavy atom. The maximum Gasteiger partial charge on any atom is 0.452 e. The first-order valence-electron chi connectivity index (χ1n) is 5.17. The minimum absolute atomic E-state index is 0.123. The van der Waals surface area contributed by atoms with Crippen molar-refractivity contribution < 1.29 is 23.1 Å². The largest absolute Gasteiger partial charge is 0.481 e. The third kappa shape index (κ3) is 2.40. The fraction of sp³-hybridized carbons (Fsp3) is 0.667. The lowest BCUT2D eigenvalue weighted by Crippen LogP contribution is -2.23. The molecule has 0 saturated carbocycles. The summed E-state index contributed by atoms with van der Waals surface area (Å²) in [6.45, 7) is 2.30. The Morgan fingerprint density at radius 2 is 2.17 bits per heavy atom. The minimum atomic E-state index is -4.56. The molecule has 0 aliphatic carbocycles.